The molecular formula is C18H13ClF2. The van der Waals surface area contributed by atoms with Gasteiger partial charge in [0.25, 0.3) is 0 Å². The molecule has 0 heterocycles. The van der Waals surface area contributed by atoms with Crippen molar-refractivity contribution >= 4 is 22.4 Å². The lowest BCUT2D eigenvalue weighted by molar-refractivity contribution is 0.551. The van der Waals surface area contributed by atoms with Crippen molar-refractivity contribution in [3.63, 3.8) is 0 Å². The van der Waals surface area contributed by atoms with Crippen molar-refractivity contribution in [2.45, 2.75) is 11.8 Å². The molecule has 21 heavy (non-hydrogen) atoms. The number of halogens is 3. The van der Waals surface area contributed by atoms with E-state index in [0.717, 1.165) is 16.3 Å². The van der Waals surface area contributed by atoms with Crippen molar-refractivity contribution in [3.05, 3.63) is 83.4 Å². The smallest absolute Gasteiger partial charge is 0.130 e. The van der Waals surface area contributed by atoms with Crippen molar-refractivity contribution in [1.82, 2.24) is 0 Å². The number of alkyl halides is 1. The van der Waals surface area contributed by atoms with E-state index in [4.69, 9.17) is 11.6 Å². The first kappa shape index (κ1) is 14.0. The maximum atomic E-state index is 13.8. The normalized spacial score (nSPS) is 12.5. The molecule has 3 heteroatoms. The topological polar surface area (TPSA) is 0 Å². The summed E-state index contributed by atoms with van der Waals surface area (Å²) in [4.78, 5) is 0. The van der Waals surface area contributed by atoms with E-state index in [1.54, 1.807) is 0 Å². The fourth-order valence-electron chi connectivity index (χ4n) is 2.58. The van der Waals surface area contributed by atoms with Gasteiger partial charge >= 0.3 is 0 Å². The van der Waals surface area contributed by atoms with Gasteiger partial charge in [-0.05, 0) is 34.9 Å². The van der Waals surface area contributed by atoms with Gasteiger partial charge in [-0.15, -0.1) is 11.6 Å². The monoisotopic (exact) mass is 302 g/mol. The molecule has 106 valence electrons. The van der Waals surface area contributed by atoms with Crippen LogP contribution in [0.3, 0.4) is 0 Å². The molecule has 0 aliphatic heterocycles. The van der Waals surface area contributed by atoms with Gasteiger partial charge in [0, 0.05) is 5.56 Å². The van der Waals surface area contributed by atoms with E-state index in [1.807, 2.05) is 42.5 Å². The van der Waals surface area contributed by atoms with E-state index < -0.39 is 17.0 Å². The predicted octanol–water partition coefficient (Wildman–Crippen LogP) is 5.64. The van der Waals surface area contributed by atoms with Crippen LogP contribution in [0.5, 0.6) is 0 Å². The second kappa shape index (κ2) is 5.82. The molecule has 1 unspecified atom stereocenters. The summed E-state index contributed by atoms with van der Waals surface area (Å²) in [5.41, 5.74) is 0.919. The molecule has 0 saturated carbocycles. The highest BCUT2D eigenvalue weighted by Gasteiger charge is 2.19. The summed E-state index contributed by atoms with van der Waals surface area (Å²) in [7, 11) is 0. The molecule has 0 radical (unpaired) electrons. The number of hydrogen-bond donors (Lipinski definition) is 0. The third kappa shape index (κ3) is 2.77. The van der Waals surface area contributed by atoms with Crippen molar-refractivity contribution in [2.75, 3.05) is 0 Å². The molecule has 0 aromatic heterocycles. The zero-order valence-corrected chi connectivity index (χ0v) is 11.9. The van der Waals surface area contributed by atoms with Crippen LogP contribution in [-0.2, 0) is 6.42 Å². The van der Waals surface area contributed by atoms with Crippen molar-refractivity contribution in [1.29, 1.82) is 0 Å². The van der Waals surface area contributed by atoms with Crippen LogP contribution in [0, 0.1) is 11.6 Å². The molecule has 0 saturated heterocycles. The van der Waals surface area contributed by atoms with E-state index in [-0.39, 0.29) is 5.56 Å². The highest BCUT2D eigenvalue weighted by Crippen LogP contribution is 2.31. The molecule has 0 amide bonds. The van der Waals surface area contributed by atoms with Gasteiger partial charge in [0.05, 0.1) is 5.38 Å². The summed E-state index contributed by atoms with van der Waals surface area (Å²) >= 11 is 6.27. The fraction of sp³-hybridized carbons (Fsp3) is 0.111. The van der Waals surface area contributed by atoms with Gasteiger partial charge in [-0.25, -0.2) is 8.78 Å². The molecule has 0 fully saturated rings. The minimum Gasteiger partial charge on any atom is -0.207 e. The number of benzene rings is 3. The van der Waals surface area contributed by atoms with Gasteiger partial charge in [-0.2, -0.15) is 0 Å². The molecule has 0 aliphatic carbocycles. The number of hydrogen-bond acceptors (Lipinski definition) is 0. The van der Waals surface area contributed by atoms with E-state index in [9.17, 15) is 8.78 Å². The van der Waals surface area contributed by atoms with Crippen LogP contribution in [0.4, 0.5) is 8.78 Å². The lowest BCUT2D eigenvalue weighted by Gasteiger charge is -2.13. The quantitative estimate of drug-likeness (QED) is 0.549. The van der Waals surface area contributed by atoms with Crippen LogP contribution in [0.15, 0.2) is 60.7 Å². The largest absolute Gasteiger partial charge is 0.207 e. The third-order valence-corrected chi connectivity index (χ3v) is 3.96. The Morgan fingerprint density at radius 2 is 1.43 bits per heavy atom. The van der Waals surface area contributed by atoms with Gasteiger partial charge in [0.15, 0.2) is 0 Å². The molecular weight excluding hydrogens is 290 g/mol. The van der Waals surface area contributed by atoms with Gasteiger partial charge in [-0.3, -0.25) is 0 Å². The molecule has 0 N–H and O–H groups in total. The molecule has 3 aromatic carbocycles. The molecule has 3 aromatic rings. The summed E-state index contributed by atoms with van der Waals surface area (Å²) < 4.78 is 27.6. The Bertz CT molecular complexity index is 758. The summed E-state index contributed by atoms with van der Waals surface area (Å²) in [6, 6.07) is 17.6. The number of fused-ring (bicyclic) bond motifs is 1. The Morgan fingerprint density at radius 3 is 2.19 bits per heavy atom. The Labute approximate surface area is 127 Å². The Kier molecular flexibility index (Phi) is 3.89. The predicted molar refractivity (Wildman–Crippen MR) is 82.6 cm³/mol. The van der Waals surface area contributed by atoms with Crippen molar-refractivity contribution < 1.29 is 8.78 Å². The van der Waals surface area contributed by atoms with Crippen LogP contribution in [0.1, 0.15) is 16.5 Å². The number of rotatable bonds is 3. The summed E-state index contributed by atoms with van der Waals surface area (Å²) in [5.74, 6) is -1.20. The van der Waals surface area contributed by atoms with Crippen LogP contribution in [0.2, 0.25) is 0 Å². The van der Waals surface area contributed by atoms with Gasteiger partial charge in [0.2, 0.25) is 0 Å². The first-order chi connectivity index (χ1) is 10.2. The van der Waals surface area contributed by atoms with Crippen LogP contribution in [-0.4, -0.2) is 0 Å². The maximum Gasteiger partial charge on any atom is 0.130 e. The third-order valence-electron chi connectivity index (χ3n) is 3.59. The highest BCUT2D eigenvalue weighted by atomic mass is 35.5. The second-order valence-electron chi connectivity index (χ2n) is 4.95. The molecule has 0 bridgehead atoms. The van der Waals surface area contributed by atoms with Gasteiger partial charge in [0.1, 0.15) is 11.6 Å². The second-order valence-corrected chi connectivity index (χ2v) is 5.47. The fourth-order valence-corrected chi connectivity index (χ4v) is 2.95. The average Bonchev–Trinajstić information content (AvgIpc) is 2.47. The summed E-state index contributed by atoms with van der Waals surface area (Å²) in [6.45, 7) is 0. The first-order valence-corrected chi connectivity index (χ1v) is 7.15. The minimum absolute atomic E-state index is 0.0629. The van der Waals surface area contributed by atoms with Crippen LogP contribution >= 0.6 is 11.6 Å². The van der Waals surface area contributed by atoms with E-state index in [2.05, 4.69) is 0 Å². The summed E-state index contributed by atoms with van der Waals surface area (Å²) in [5, 5.41) is 1.41. The molecule has 0 nitrogen and oxygen atoms in total. The van der Waals surface area contributed by atoms with Crippen LogP contribution in [0.25, 0.3) is 10.8 Å². The van der Waals surface area contributed by atoms with Gasteiger partial charge in [-0.1, -0.05) is 48.5 Å². The maximum absolute atomic E-state index is 13.8. The van der Waals surface area contributed by atoms with Gasteiger partial charge < -0.3 is 0 Å². The van der Waals surface area contributed by atoms with Crippen LogP contribution < -0.4 is 0 Å². The average molecular weight is 303 g/mol. The molecule has 3 rings (SSSR count). The van der Waals surface area contributed by atoms with E-state index in [0.29, 0.717) is 6.42 Å². The SMILES string of the molecule is Fc1cccc(F)c1C(Cl)Cc1cccc2ccccc12. The summed E-state index contributed by atoms with van der Waals surface area (Å²) in [6.07, 6.45) is 0.376. The van der Waals surface area contributed by atoms with E-state index >= 15 is 0 Å². The molecule has 0 aliphatic rings. The van der Waals surface area contributed by atoms with Crippen molar-refractivity contribution in [3.8, 4) is 0 Å². The zero-order valence-electron chi connectivity index (χ0n) is 11.2. The van der Waals surface area contributed by atoms with Crippen molar-refractivity contribution in [2.24, 2.45) is 0 Å². The molecule has 0 spiro atoms. The standard InChI is InChI=1S/C18H13ClF2/c19-15(18-16(20)9-4-10-17(18)21)11-13-7-3-6-12-5-1-2-8-14(12)13/h1-10,15H,11H2. The lowest BCUT2D eigenvalue weighted by atomic mass is 9.98. The Morgan fingerprint density at radius 1 is 0.810 bits per heavy atom. The lowest BCUT2D eigenvalue weighted by Crippen LogP contribution is -2.03. The first-order valence-electron chi connectivity index (χ1n) is 6.71. The molecule has 1 atom stereocenters. The Balaban J connectivity index is 1.99. The van der Waals surface area contributed by atoms with E-state index in [1.165, 1.54) is 18.2 Å². The highest BCUT2D eigenvalue weighted by molar-refractivity contribution is 6.21. The Hall–Kier alpha value is -1.93. The minimum atomic E-state index is -0.739. The zero-order chi connectivity index (χ0) is 14.8.